The zero-order valence-corrected chi connectivity index (χ0v) is 17.0. The summed E-state index contributed by atoms with van der Waals surface area (Å²) in [5, 5.41) is 3.10. The van der Waals surface area contributed by atoms with Crippen LogP contribution in [0.5, 0.6) is 11.5 Å². The smallest absolute Gasteiger partial charge is 0.257 e. The molecule has 0 saturated carbocycles. The molecule has 0 radical (unpaired) electrons. The van der Waals surface area contributed by atoms with Gasteiger partial charge in [-0.1, -0.05) is 24.3 Å². The van der Waals surface area contributed by atoms with Crippen molar-refractivity contribution in [2.75, 3.05) is 26.8 Å². The number of benzene rings is 2. The highest BCUT2D eigenvalue weighted by Crippen LogP contribution is 2.21. The fourth-order valence-corrected chi connectivity index (χ4v) is 3.55. The molecule has 1 aliphatic heterocycles. The first-order valence-corrected chi connectivity index (χ1v) is 10.0. The largest absolute Gasteiger partial charge is 0.496 e. The van der Waals surface area contributed by atoms with Crippen LogP contribution in [0.4, 0.5) is 0 Å². The van der Waals surface area contributed by atoms with Crippen molar-refractivity contribution in [3.8, 4) is 11.5 Å². The number of ether oxygens (including phenoxy) is 2. The monoisotopic (exact) mass is 396 g/mol. The molecular formula is C23H28N2O4. The Labute approximate surface area is 171 Å². The molecule has 1 N–H and O–H groups in total. The van der Waals surface area contributed by atoms with E-state index < -0.39 is 0 Å². The lowest BCUT2D eigenvalue weighted by Gasteiger charge is -2.32. The number of nitrogens with one attached hydrogen (secondary N) is 1. The molecule has 2 amide bonds. The quantitative estimate of drug-likeness (QED) is 0.781. The summed E-state index contributed by atoms with van der Waals surface area (Å²) >= 11 is 0. The Balaban J connectivity index is 1.48. The Morgan fingerprint density at radius 2 is 1.76 bits per heavy atom. The molecule has 0 atom stereocenters. The molecule has 29 heavy (non-hydrogen) atoms. The number of hydrogen-bond donors (Lipinski definition) is 1. The van der Waals surface area contributed by atoms with E-state index in [1.165, 1.54) is 0 Å². The summed E-state index contributed by atoms with van der Waals surface area (Å²) in [6.07, 6.45) is 1.83. The highest BCUT2D eigenvalue weighted by atomic mass is 16.5. The number of carbonyl (C=O) groups is 2. The van der Waals surface area contributed by atoms with E-state index >= 15 is 0 Å². The number of likely N-dealkylation sites (tertiary alicyclic amines) is 1. The third kappa shape index (κ3) is 5.50. The van der Waals surface area contributed by atoms with Crippen LogP contribution in [0.2, 0.25) is 0 Å². The number of carbonyl (C=O) groups excluding carboxylic acids is 2. The third-order valence-corrected chi connectivity index (χ3v) is 5.08. The topological polar surface area (TPSA) is 67.9 Å². The fourth-order valence-electron chi connectivity index (χ4n) is 3.55. The molecule has 0 unspecified atom stereocenters. The van der Waals surface area contributed by atoms with E-state index in [0.717, 1.165) is 24.2 Å². The van der Waals surface area contributed by atoms with Gasteiger partial charge in [0, 0.05) is 19.1 Å². The van der Waals surface area contributed by atoms with Crippen LogP contribution in [-0.4, -0.2) is 49.6 Å². The van der Waals surface area contributed by atoms with Gasteiger partial charge in [-0.3, -0.25) is 9.59 Å². The number of amides is 2. The van der Waals surface area contributed by atoms with Gasteiger partial charge in [0.1, 0.15) is 11.5 Å². The second kappa shape index (κ2) is 9.96. The summed E-state index contributed by atoms with van der Waals surface area (Å²) in [5.74, 6) is 1.37. The fraction of sp³-hybridized carbons (Fsp3) is 0.391. The number of piperidine rings is 1. The van der Waals surface area contributed by atoms with E-state index in [1.54, 1.807) is 19.2 Å². The first-order chi connectivity index (χ1) is 14.1. The predicted molar refractivity (Wildman–Crippen MR) is 111 cm³/mol. The maximum atomic E-state index is 12.8. The van der Waals surface area contributed by atoms with Gasteiger partial charge in [-0.2, -0.15) is 0 Å². The Morgan fingerprint density at radius 3 is 2.41 bits per heavy atom. The van der Waals surface area contributed by atoms with E-state index in [4.69, 9.17) is 9.47 Å². The molecule has 2 aromatic rings. The minimum atomic E-state index is -0.0263. The minimum Gasteiger partial charge on any atom is -0.496 e. The van der Waals surface area contributed by atoms with Gasteiger partial charge < -0.3 is 19.7 Å². The number of rotatable bonds is 7. The molecule has 1 fully saturated rings. The van der Waals surface area contributed by atoms with Crippen molar-refractivity contribution in [2.24, 2.45) is 0 Å². The van der Waals surface area contributed by atoms with E-state index in [9.17, 15) is 9.59 Å². The van der Waals surface area contributed by atoms with Crippen molar-refractivity contribution in [3.63, 3.8) is 0 Å². The van der Waals surface area contributed by atoms with Gasteiger partial charge in [-0.15, -0.1) is 0 Å². The van der Waals surface area contributed by atoms with Gasteiger partial charge in [-0.05, 0) is 49.6 Å². The molecule has 0 aromatic heterocycles. The van der Waals surface area contributed by atoms with Gasteiger partial charge in [-0.25, -0.2) is 0 Å². The molecule has 0 bridgehead atoms. The lowest BCUT2D eigenvalue weighted by molar-refractivity contribution is -0.121. The first-order valence-electron chi connectivity index (χ1n) is 10.0. The lowest BCUT2D eigenvalue weighted by Crippen LogP contribution is -2.46. The number of para-hydroxylation sites is 1. The second-order valence-corrected chi connectivity index (χ2v) is 7.09. The summed E-state index contributed by atoms with van der Waals surface area (Å²) in [7, 11) is 1.57. The van der Waals surface area contributed by atoms with Crippen LogP contribution < -0.4 is 14.8 Å². The van der Waals surface area contributed by atoms with Gasteiger partial charge in [0.25, 0.3) is 5.91 Å². The average molecular weight is 396 g/mol. The maximum Gasteiger partial charge on any atom is 0.257 e. The van der Waals surface area contributed by atoms with Gasteiger partial charge in [0.15, 0.2) is 0 Å². The molecule has 6 nitrogen and oxygen atoms in total. The molecule has 6 heteroatoms. The molecule has 0 spiro atoms. The molecule has 1 saturated heterocycles. The van der Waals surface area contributed by atoms with Crippen LogP contribution in [0, 0.1) is 0 Å². The first kappa shape index (κ1) is 20.7. The van der Waals surface area contributed by atoms with Gasteiger partial charge in [0.05, 0.1) is 25.7 Å². The molecule has 3 rings (SSSR count). The Kier molecular flexibility index (Phi) is 7.11. The average Bonchev–Trinajstić information content (AvgIpc) is 2.75. The van der Waals surface area contributed by atoms with Crippen molar-refractivity contribution in [1.29, 1.82) is 0 Å². The molecule has 2 aromatic carbocycles. The Morgan fingerprint density at radius 1 is 1.07 bits per heavy atom. The number of hydrogen-bond acceptors (Lipinski definition) is 4. The van der Waals surface area contributed by atoms with Crippen molar-refractivity contribution in [3.05, 3.63) is 59.7 Å². The molecule has 1 aliphatic rings. The minimum absolute atomic E-state index is 0.00339. The Hall–Kier alpha value is -3.02. The maximum absolute atomic E-state index is 12.8. The summed E-state index contributed by atoms with van der Waals surface area (Å²) in [6.45, 7) is 3.80. The summed E-state index contributed by atoms with van der Waals surface area (Å²) in [4.78, 5) is 27.0. The molecule has 1 heterocycles. The molecular weight excluding hydrogens is 368 g/mol. The zero-order valence-electron chi connectivity index (χ0n) is 17.0. The van der Waals surface area contributed by atoms with Crippen LogP contribution in [-0.2, 0) is 11.2 Å². The van der Waals surface area contributed by atoms with Crippen LogP contribution in [0.25, 0.3) is 0 Å². The SMILES string of the molecule is CCOc1ccc(CC(=O)NC2CCN(C(=O)c3ccccc3OC)CC2)cc1. The normalized spacial score (nSPS) is 14.3. The predicted octanol–water partition coefficient (Wildman–Crippen LogP) is 3.06. The standard InChI is InChI=1S/C23H28N2O4/c1-3-29-19-10-8-17(9-11-19)16-22(26)24-18-12-14-25(15-13-18)23(27)20-6-4-5-7-21(20)28-2/h4-11,18H,3,12-16H2,1-2H3,(H,24,26). The highest BCUT2D eigenvalue weighted by molar-refractivity contribution is 5.97. The van der Waals surface area contributed by atoms with E-state index in [1.807, 2.05) is 48.2 Å². The molecule has 0 aliphatic carbocycles. The summed E-state index contributed by atoms with van der Waals surface area (Å²) in [5.41, 5.74) is 1.53. The lowest BCUT2D eigenvalue weighted by atomic mass is 10.0. The van der Waals surface area contributed by atoms with Crippen molar-refractivity contribution < 1.29 is 19.1 Å². The highest BCUT2D eigenvalue weighted by Gasteiger charge is 2.26. The van der Waals surface area contributed by atoms with Crippen LogP contribution >= 0.6 is 0 Å². The van der Waals surface area contributed by atoms with Crippen molar-refractivity contribution in [1.82, 2.24) is 10.2 Å². The zero-order chi connectivity index (χ0) is 20.6. The summed E-state index contributed by atoms with van der Waals surface area (Å²) in [6, 6.07) is 14.9. The summed E-state index contributed by atoms with van der Waals surface area (Å²) < 4.78 is 10.7. The Bertz CT molecular complexity index is 827. The van der Waals surface area contributed by atoms with Crippen molar-refractivity contribution in [2.45, 2.75) is 32.2 Å². The van der Waals surface area contributed by atoms with E-state index in [0.29, 0.717) is 37.4 Å². The van der Waals surface area contributed by atoms with Gasteiger partial charge >= 0.3 is 0 Å². The molecule has 154 valence electrons. The van der Waals surface area contributed by atoms with Gasteiger partial charge in [0.2, 0.25) is 5.91 Å². The van der Waals surface area contributed by atoms with E-state index in [-0.39, 0.29) is 17.9 Å². The van der Waals surface area contributed by atoms with Crippen LogP contribution in [0.1, 0.15) is 35.7 Å². The van der Waals surface area contributed by atoms with Crippen LogP contribution in [0.15, 0.2) is 48.5 Å². The number of nitrogens with zero attached hydrogens (tertiary/aromatic N) is 1. The van der Waals surface area contributed by atoms with Crippen LogP contribution in [0.3, 0.4) is 0 Å². The third-order valence-electron chi connectivity index (χ3n) is 5.08. The second-order valence-electron chi connectivity index (χ2n) is 7.09. The van der Waals surface area contributed by atoms with Crippen molar-refractivity contribution >= 4 is 11.8 Å². The number of methoxy groups -OCH3 is 1. The van der Waals surface area contributed by atoms with E-state index in [2.05, 4.69) is 5.32 Å².